The summed E-state index contributed by atoms with van der Waals surface area (Å²) in [5, 5.41) is -1.19. The summed E-state index contributed by atoms with van der Waals surface area (Å²) in [5.74, 6) is 11.3. The van der Waals surface area contributed by atoms with Gasteiger partial charge in [0.1, 0.15) is 18.4 Å². The minimum atomic E-state index is -3.89. The molecule has 0 bridgehead atoms. The molecule has 0 N–H and O–H groups in total. The van der Waals surface area contributed by atoms with Gasteiger partial charge >= 0.3 is 7.60 Å². The summed E-state index contributed by atoms with van der Waals surface area (Å²) >= 11 is 0. The van der Waals surface area contributed by atoms with E-state index in [0.29, 0.717) is 0 Å². The van der Waals surface area contributed by atoms with Crippen LogP contribution < -0.4 is 0 Å². The third kappa shape index (κ3) is 4.66. The Bertz CT molecular complexity index is 1010. The van der Waals surface area contributed by atoms with Gasteiger partial charge in [0.25, 0.3) is 0 Å². The van der Waals surface area contributed by atoms with Crippen LogP contribution in [0.4, 0.5) is 0 Å². The van der Waals surface area contributed by atoms with Gasteiger partial charge in [-0.3, -0.25) is 13.6 Å². The molecule has 0 fully saturated rings. The number of hydrogen-bond donors (Lipinski definition) is 0. The first-order chi connectivity index (χ1) is 15.2. The molecule has 31 heavy (non-hydrogen) atoms. The van der Waals surface area contributed by atoms with Crippen LogP contribution in [-0.2, 0) is 18.8 Å². The van der Waals surface area contributed by atoms with Crippen molar-refractivity contribution < 1.29 is 13.6 Å². The fraction of sp³-hybridized carbons (Fsp3) is 0.185. The zero-order valence-electron chi connectivity index (χ0n) is 17.7. The molecule has 0 saturated heterocycles. The lowest BCUT2D eigenvalue weighted by atomic mass is 9.84. The van der Waals surface area contributed by atoms with E-state index in [4.69, 9.17) is 9.05 Å². The second-order valence-corrected chi connectivity index (χ2v) is 8.89. The first-order valence-corrected chi connectivity index (χ1v) is 11.6. The molecule has 0 unspecified atom stereocenters. The molecule has 0 aliphatic heterocycles. The third-order valence-electron chi connectivity index (χ3n) is 4.95. The van der Waals surface area contributed by atoms with Gasteiger partial charge in [0.2, 0.25) is 0 Å². The number of benzene rings is 3. The molecular formula is C27H25O3P. The van der Waals surface area contributed by atoms with E-state index in [-0.39, 0.29) is 13.2 Å². The lowest BCUT2D eigenvalue weighted by Crippen LogP contribution is -2.31. The highest BCUT2D eigenvalue weighted by Crippen LogP contribution is 2.70. The Labute approximate surface area is 185 Å². The van der Waals surface area contributed by atoms with Gasteiger partial charge < -0.3 is 0 Å². The van der Waals surface area contributed by atoms with Gasteiger partial charge in [-0.15, -0.1) is 11.8 Å². The average molecular weight is 428 g/mol. The molecule has 0 radical (unpaired) electrons. The Morgan fingerprint density at radius 3 is 1.26 bits per heavy atom. The van der Waals surface area contributed by atoms with Crippen LogP contribution >= 0.6 is 7.60 Å². The van der Waals surface area contributed by atoms with E-state index < -0.39 is 12.8 Å². The maximum atomic E-state index is 14.8. The molecule has 0 saturated carbocycles. The predicted octanol–water partition coefficient (Wildman–Crippen LogP) is 6.25. The molecule has 0 amide bonds. The van der Waals surface area contributed by atoms with E-state index >= 15 is 0 Å². The second-order valence-electron chi connectivity index (χ2n) is 6.71. The van der Waals surface area contributed by atoms with E-state index in [0.717, 1.165) is 16.7 Å². The smallest absolute Gasteiger partial charge is 0.294 e. The Morgan fingerprint density at radius 1 is 0.645 bits per heavy atom. The van der Waals surface area contributed by atoms with Crippen molar-refractivity contribution in [2.45, 2.75) is 19.0 Å². The number of rotatable bonds is 8. The fourth-order valence-corrected chi connectivity index (χ4v) is 5.95. The standard InChI is InChI=1S/C27H25O3P/c1-3-5-22-29-31(28,30-23-6-4-2)27(24-16-10-7-11-17-24,25-18-12-8-13-19-25)26-20-14-9-15-21-26/h7-21H,22-23H2,1-2H3. The quantitative estimate of drug-likeness (QED) is 0.242. The molecule has 0 heterocycles. The maximum absolute atomic E-state index is 14.8. The normalized spacial score (nSPS) is 11.0. The molecule has 3 aromatic rings. The van der Waals surface area contributed by atoms with Crippen LogP contribution in [0.15, 0.2) is 91.0 Å². The van der Waals surface area contributed by atoms with Crippen LogP contribution in [0, 0.1) is 23.7 Å². The van der Waals surface area contributed by atoms with Crippen molar-refractivity contribution in [3.05, 3.63) is 108 Å². The fourth-order valence-electron chi connectivity index (χ4n) is 3.62. The van der Waals surface area contributed by atoms with E-state index in [2.05, 4.69) is 23.7 Å². The Kier molecular flexibility index (Phi) is 7.88. The van der Waals surface area contributed by atoms with Gasteiger partial charge in [-0.05, 0) is 30.5 Å². The molecule has 3 aromatic carbocycles. The van der Waals surface area contributed by atoms with Gasteiger partial charge in [-0.25, -0.2) is 0 Å². The lowest BCUT2D eigenvalue weighted by molar-refractivity contribution is 0.227. The zero-order chi connectivity index (χ0) is 22.0. The SMILES string of the molecule is CC#CCOP(=O)(OCC#CC)C(c1ccccc1)(c1ccccc1)c1ccccc1. The zero-order valence-corrected chi connectivity index (χ0v) is 18.6. The van der Waals surface area contributed by atoms with Crippen molar-refractivity contribution in [3.8, 4) is 23.7 Å². The van der Waals surface area contributed by atoms with Crippen LogP contribution in [0.25, 0.3) is 0 Å². The second kappa shape index (κ2) is 10.8. The molecule has 156 valence electrons. The van der Waals surface area contributed by atoms with Crippen LogP contribution in [0.2, 0.25) is 0 Å². The maximum Gasteiger partial charge on any atom is 0.351 e. The molecule has 3 nitrogen and oxygen atoms in total. The van der Waals surface area contributed by atoms with Crippen molar-refractivity contribution in [1.29, 1.82) is 0 Å². The molecule has 0 aromatic heterocycles. The molecule has 4 heteroatoms. The highest BCUT2D eigenvalue weighted by atomic mass is 31.2. The Balaban J connectivity index is 2.39. The van der Waals surface area contributed by atoms with Crippen LogP contribution in [-0.4, -0.2) is 13.2 Å². The van der Waals surface area contributed by atoms with Gasteiger partial charge in [-0.2, -0.15) is 0 Å². The topological polar surface area (TPSA) is 35.5 Å². The van der Waals surface area contributed by atoms with Gasteiger partial charge in [-0.1, -0.05) is 103 Å². The van der Waals surface area contributed by atoms with Gasteiger partial charge in [0, 0.05) is 0 Å². The van der Waals surface area contributed by atoms with Crippen LogP contribution in [0.5, 0.6) is 0 Å². The summed E-state index contributed by atoms with van der Waals surface area (Å²) < 4.78 is 26.9. The molecule has 0 aliphatic rings. The minimum absolute atomic E-state index is 0.0123. The monoisotopic (exact) mass is 428 g/mol. The highest BCUT2D eigenvalue weighted by Gasteiger charge is 2.55. The van der Waals surface area contributed by atoms with E-state index in [9.17, 15) is 4.57 Å². The van der Waals surface area contributed by atoms with Crippen molar-refractivity contribution in [2.24, 2.45) is 0 Å². The largest absolute Gasteiger partial charge is 0.351 e. The molecular weight excluding hydrogens is 403 g/mol. The first-order valence-electron chi connectivity index (χ1n) is 10.0. The minimum Gasteiger partial charge on any atom is -0.294 e. The first kappa shape index (κ1) is 22.6. The molecule has 0 aliphatic carbocycles. The van der Waals surface area contributed by atoms with Gasteiger partial charge in [0.15, 0.2) is 0 Å². The van der Waals surface area contributed by atoms with Crippen molar-refractivity contribution in [3.63, 3.8) is 0 Å². The van der Waals surface area contributed by atoms with Crippen LogP contribution in [0.1, 0.15) is 30.5 Å². The summed E-state index contributed by atoms with van der Waals surface area (Å²) in [6, 6.07) is 29.1. The van der Waals surface area contributed by atoms with Crippen LogP contribution in [0.3, 0.4) is 0 Å². The van der Waals surface area contributed by atoms with Crippen molar-refractivity contribution in [2.75, 3.05) is 13.2 Å². The Morgan fingerprint density at radius 2 is 0.968 bits per heavy atom. The molecule has 0 atom stereocenters. The summed E-state index contributed by atoms with van der Waals surface area (Å²) in [5.41, 5.74) is 2.43. The highest BCUT2D eigenvalue weighted by molar-refractivity contribution is 7.55. The average Bonchev–Trinajstić information content (AvgIpc) is 2.82. The predicted molar refractivity (Wildman–Crippen MR) is 126 cm³/mol. The van der Waals surface area contributed by atoms with Crippen molar-refractivity contribution in [1.82, 2.24) is 0 Å². The summed E-state index contributed by atoms with van der Waals surface area (Å²) in [4.78, 5) is 0. The number of hydrogen-bond acceptors (Lipinski definition) is 3. The molecule has 0 spiro atoms. The summed E-state index contributed by atoms with van der Waals surface area (Å²) in [6.45, 7) is 3.41. The van der Waals surface area contributed by atoms with Gasteiger partial charge in [0.05, 0.1) is 0 Å². The van der Waals surface area contributed by atoms with Crippen molar-refractivity contribution >= 4 is 7.60 Å². The Hall–Kier alpha value is -3.07. The van der Waals surface area contributed by atoms with E-state index in [1.807, 2.05) is 91.0 Å². The summed E-state index contributed by atoms with van der Waals surface area (Å²) in [6.07, 6.45) is 0. The van der Waals surface area contributed by atoms with E-state index in [1.165, 1.54) is 0 Å². The lowest BCUT2D eigenvalue weighted by Gasteiger charge is -2.40. The third-order valence-corrected chi connectivity index (χ3v) is 7.49. The summed E-state index contributed by atoms with van der Waals surface area (Å²) in [7, 11) is -3.89. The molecule has 3 rings (SSSR count). The van der Waals surface area contributed by atoms with E-state index in [1.54, 1.807) is 13.8 Å².